The quantitative estimate of drug-likeness (QED) is 0.204. The molecule has 1 heterocycles. The number of likely N-dealkylation sites (N-methyl/N-ethyl adjacent to an activating group) is 1. The predicted octanol–water partition coefficient (Wildman–Crippen LogP) is 6.21. The average Bonchev–Trinajstić information content (AvgIpc) is 3.43. The van der Waals surface area contributed by atoms with E-state index in [4.69, 9.17) is 9.15 Å². The van der Waals surface area contributed by atoms with Crippen LogP contribution >= 0.6 is 0 Å². The molecule has 0 amide bonds. The zero-order valence-corrected chi connectivity index (χ0v) is 22.7. The molecule has 0 unspecified atom stereocenters. The molecule has 0 bridgehead atoms. The highest BCUT2D eigenvalue weighted by molar-refractivity contribution is 6.03. The van der Waals surface area contributed by atoms with Gasteiger partial charge in [0.15, 0.2) is 11.4 Å². The first-order valence-electron chi connectivity index (χ1n) is 13.9. The standard InChI is InChI=1S/C32H35N3O5/c1-35(32-34-27-13-7-8-14-29(27)40-32)19-20-39-24-17-15-22(16-18-24)21-28(31(37)38)33-26-12-6-5-11-25(26)30(36)23-9-3-2-4-10-23/h5-8,11-18,23,28,33H,2-4,9-10,19-21H2,1H3,(H,37,38)/t28-/m1/s1. The maximum absolute atomic E-state index is 13.2. The summed E-state index contributed by atoms with van der Waals surface area (Å²) in [6.07, 6.45) is 5.37. The van der Waals surface area contributed by atoms with Crippen molar-refractivity contribution in [3.05, 3.63) is 83.9 Å². The van der Waals surface area contributed by atoms with Gasteiger partial charge in [-0.15, -0.1) is 0 Å². The van der Waals surface area contributed by atoms with E-state index in [1.165, 1.54) is 6.42 Å². The van der Waals surface area contributed by atoms with Crippen LogP contribution in [0.2, 0.25) is 0 Å². The number of hydrogen-bond acceptors (Lipinski definition) is 7. The first-order chi connectivity index (χ1) is 19.5. The molecule has 4 aromatic rings. The third-order valence-corrected chi connectivity index (χ3v) is 7.46. The molecule has 1 aliphatic carbocycles. The second kappa shape index (κ2) is 12.7. The van der Waals surface area contributed by atoms with Crippen molar-refractivity contribution >= 4 is 34.6 Å². The minimum Gasteiger partial charge on any atom is -0.492 e. The number of hydrogen-bond donors (Lipinski definition) is 2. The van der Waals surface area contributed by atoms with E-state index in [0.29, 0.717) is 36.2 Å². The summed E-state index contributed by atoms with van der Waals surface area (Å²) in [7, 11) is 1.90. The summed E-state index contributed by atoms with van der Waals surface area (Å²) in [5, 5.41) is 13.1. The van der Waals surface area contributed by atoms with E-state index in [-0.39, 0.29) is 18.1 Å². The van der Waals surface area contributed by atoms with Gasteiger partial charge < -0.3 is 24.5 Å². The SMILES string of the molecule is CN(CCOc1ccc(C[C@@H](Nc2ccccc2C(=O)C2CCCCC2)C(=O)O)cc1)c1nc2ccccc2o1. The fourth-order valence-electron chi connectivity index (χ4n) is 5.17. The van der Waals surface area contributed by atoms with Crippen LogP contribution in [0.3, 0.4) is 0 Å². The number of aromatic nitrogens is 1. The third-order valence-electron chi connectivity index (χ3n) is 7.46. The maximum Gasteiger partial charge on any atom is 0.326 e. The average molecular weight is 542 g/mol. The van der Waals surface area contributed by atoms with Gasteiger partial charge >= 0.3 is 5.97 Å². The van der Waals surface area contributed by atoms with E-state index in [2.05, 4.69) is 10.3 Å². The number of ketones is 1. The molecular formula is C32H35N3O5. The fraction of sp³-hybridized carbons (Fsp3) is 0.344. The van der Waals surface area contributed by atoms with E-state index < -0.39 is 12.0 Å². The zero-order valence-electron chi connectivity index (χ0n) is 22.7. The van der Waals surface area contributed by atoms with Crippen molar-refractivity contribution in [1.82, 2.24) is 4.98 Å². The number of nitrogens with zero attached hydrogens (tertiary/aromatic N) is 2. The van der Waals surface area contributed by atoms with Crippen LogP contribution in [-0.4, -0.2) is 48.1 Å². The number of oxazole rings is 1. The Labute approximate surface area is 234 Å². The number of carboxylic acid groups (broad SMARTS) is 1. The van der Waals surface area contributed by atoms with Crippen LogP contribution in [0.5, 0.6) is 5.75 Å². The van der Waals surface area contributed by atoms with E-state index in [0.717, 1.165) is 42.3 Å². The van der Waals surface area contributed by atoms with Gasteiger partial charge in [0.25, 0.3) is 6.01 Å². The second-order valence-electron chi connectivity index (χ2n) is 10.4. The van der Waals surface area contributed by atoms with Crippen LogP contribution in [0.25, 0.3) is 11.1 Å². The number of carbonyl (C=O) groups is 2. The number of rotatable bonds is 12. The molecule has 8 nitrogen and oxygen atoms in total. The van der Waals surface area contributed by atoms with Crippen molar-refractivity contribution in [3.63, 3.8) is 0 Å². The summed E-state index contributed by atoms with van der Waals surface area (Å²) in [4.78, 5) is 31.7. The minimum atomic E-state index is -0.970. The highest BCUT2D eigenvalue weighted by Crippen LogP contribution is 2.30. The van der Waals surface area contributed by atoms with Crippen molar-refractivity contribution in [2.45, 2.75) is 44.6 Å². The lowest BCUT2D eigenvalue weighted by Crippen LogP contribution is -2.32. The number of nitrogens with one attached hydrogen (secondary N) is 1. The number of anilines is 2. The van der Waals surface area contributed by atoms with Gasteiger partial charge in [-0.05, 0) is 54.8 Å². The summed E-state index contributed by atoms with van der Waals surface area (Å²) in [5.41, 5.74) is 3.57. The Kier molecular flexibility index (Phi) is 8.64. The second-order valence-corrected chi connectivity index (χ2v) is 10.4. The largest absolute Gasteiger partial charge is 0.492 e. The Balaban J connectivity index is 1.16. The summed E-state index contributed by atoms with van der Waals surface area (Å²) >= 11 is 0. The topological polar surface area (TPSA) is 105 Å². The normalized spacial score (nSPS) is 14.5. The van der Waals surface area contributed by atoms with Crippen molar-refractivity contribution in [2.24, 2.45) is 5.92 Å². The molecule has 0 aliphatic heterocycles. The Hall–Kier alpha value is -4.33. The molecule has 1 saturated carbocycles. The smallest absolute Gasteiger partial charge is 0.326 e. The molecular weight excluding hydrogens is 506 g/mol. The first-order valence-corrected chi connectivity index (χ1v) is 13.9. The van der Waals surface area contributed by atoms with Crippen LogP contribution in [0, 0.1) is 5.92 Å². The van der Waals surface area contributed by atoms with Crippen molar-refractivity contribution in [2.75, 3.05) is 30.4 Å². The van der Waals surface area contributed by atoms with Crippen LogP contribution in [0.15, 0.2) is 77.2 Å². The van der Waals surface area contributed by atoms with Gasteiger partial charge in [0, 0.05) is 30.6 Å². The van der Waals surface area contributed by atoms with Crippen LogP contribution in [0.1, 0.15) is 48.0 Å². The summed E-state index contributed by atoms with van der Waals surface area (Å²) < 4.78 is 11.7. The molecule has 1 fully saturated rings. The molecule has 0 saturated heterocycles. The highest BCUT2D eigenvalue weighted by Gasteiger charge is 2.26. The predicted molar refractivity (Wildman–Crippen MR) is 155 cm³/mol. The van der Waals surface area contributed by atoms with Crippen LogP contribution in [-0.2, 0) is 11.2 Å². The molecule has 1 aliphatic rings. The molecule has 5 rings (SSSR count). The van der Waals surface area contributed by atoms with E-state index in [9.17, 15) is 14.7 Å². The number of benzene rings is 3. The lowest BCUT2D eigenvalue weighted by atomic mass is 9.83. The highest BCUT2D eigenvalue weighted by atomic mass is 16.5. The molecule has 2 N–H and O–H groups in total. The van der Waals surface area contributed by atoms with E-state index >= 15 is 0 Å². The number of fused-ring (bicyclic) bond motifs is 1. The molecule has 1 aromatic heterocycles. The summed E-state index contributed by atoms with van der Waals surface area (Å²) in [6, 6.07) is 22.0. The lowest BCUT2D eigenvalue weighted by Gasteiger charge is -2.23. The molecule has 3 aromatic carbocycles. The summed E-state index contributed by atoms with van der Waals surface area (Å²) in [6.45, 7) is 1.01. The van der Waals surface area contributed by atoms with Gasteiger partial charge in [-0.1, -0.05) is 55.7 Å². The summed E-state index contributed by atoms with van der Waals surface area (Å²) in [5.74, 6) is -0.155. The number of Topliss-reactive ketones (excluding diaryl/α,β-unsaturated/α-hetero) is 1. The number of ether oxygens (including phenoxy) is 1. The molecule has 0 radical (unpaired) electrons. The van der Waals surface area contributed by atoms with Crippen molar-refractivity contribution in [1.29, 1.82) is 0 Å². The number of carbonyl (C=O) groups excluding carboxylic acids is 1. The van der Waals surface area contributed by atoms with Gasteiger partial charge in [0.1, 0.15) is 23.9 Å². The Morgan fingerprint density at radius 1 is 1.02 bits per heavy atom. The first kappa shape index (κ1) is 27.2. The van der Waals surface area contributed by atoms with E-state index in [1.807, 2.05) is 72.6 Å². The fourth-order valence-corrected chi connectivity index (χ4v) is 5.17. The van der Waals surface area contributed by atoms with Crippen LogP contribution < -0.4 is 15.0 Å². The minimum absolute atomic E-state index is 0.0160. The zero-order chi connectivity index (χ0) is 27.9. The number of aliphatic carboxylic acids is 1. The van der Waals surface area contributed by atoms with Gasteiger partial charge in [-0.3, -0.25) is 4.79 Å². The van der Waals surface area contributed by atoms with Crippen molar-refractivity contribution in [3.8, 4) is 5.75 Å². The van der Waals surface area contributed by atoms with Crippen LogP contribution in [0.4, 0.5) is 11.7 Å². The van der Waals surface area contributed by atoms with Gasteiger partial charge in [0.05, 0.1) is 6.54 Å². The van der Waals surface area contributed by atoms with Crippen molar-refractivity contribution < 1.29 is 23.8 Å². The van der Waals surface area contributed by atoms with Gasteiger partial charge in [0.2, 0.25) is 0 Å². The Bertz CT molecular complexity index is 1410. The number of carboxylic acids is 1. The van der Waals surface area contributed by atoms with Gasteiger partial charge in [-0.25, -0.2) is 4.79 Å². The van der Waals surface area contributed by atoms with E-state index in [1.54, 1.807) is 12.1 Å². The third kappa shape index (κ3) is 6.62. The molecule has 0 spiro atoms. The van der Waals surface area contributed by atoms with Gasteiger partial charge in [-0.2, -0.15) is 4.98 Å². The lowest BCUT2D eigenvalue weighted by molar-refractivity contribution is -0.137. The molecule has 8 heteroatoms. The number of para-hydroxylation sites is 3. The Morgan fingerprint density at radius 3 is 2.50 bits per heavy atom. The molecule has 208 valence electrons. The Morgan fingerprint density at radius 2 is 1.75 bits per heavy atom. The molecule has 40 heavy (non-hydrogen) atoms. The molecule has 1 atom stereocenters. The maximum atomic E-state index is 13.2. The monoisotopic (exact) mass is 541 g/mol.